The van der Waals surface area contributed by atoms with Crippen LogP contribution in [0.15, 0.2) is 12.1 Å². The normalized spacial score (nSPS) is 16.8. The zero-order valence-electron chi connectivity index (χ0n) is 11.4. The molecular weight excluding hydrogens is 264 g/mol. The molecule has 4 nitrogen and oxygen atoms in total. The van der Waals surface area contributed by atoms with Gasteiger partial charge in [0.1, 0.15) is 5.75 Å². The molecule has 1 heterocycles. The third kappa shape index (κ3) is 3.20. The number of ether oxygens (including phenoxy) is 2. The molecule has 0 aliphatic carbocycles. The number of nitrogens with one attached hydrogen (secondary N) is 1. The summed E-state index contributed by atoms with van der Waals surface area (Å²) in [4.78, 5) is 0. The number of halogens is 1. The van der Waals surface area contributed by atoms with Gasteiger partial charge < -0.3 is 9.47 Å². The Hall–Kier alpha value is -0.810. The second-order valence-electron chi connectivity index (χ2n) is 4.81. The molecule has 0 bridgehead atoms. The number of fused-ring (bicyclic) bond motifs is 1. The Kier molecular flexibility index (Phi) is 5.05. The van der Waals surface area contributed by atoms with Crippen molar-refractivity contribution in [1.29, 1.82) is 0 Å². The second-order valence-corrected chi connectivity index (χ2v) is 5.25. The molecule has 0 spiro atoms. The minimum absolute atomic E-state index is 0.0433. The van der Waals surface area contributed by atoms with Gasteiger partial charge in [0.15, 0.2) is 0 Å². The van der Waals surface area contributed by atoms with Gasteiger partial charge >= 0.3 is 0 Å². The molecule has 2 unspecified atom stereocenters. The van der Waals surface area contributed by atoms with Crippen molar-refractivity contribution in [2.45, 2.75) is 38.3 Å². The van der Waals surface area contributed by atoms with Crippen LogP contribution in [0.25, 0.3) is 0 Å². The lowest BCUT2D eigenvalue weighted by atomic mass is 9.97. The number of benzene rings is 1. The summed E-state index contributed by atoms with van der Waals surface area (Å²) >= 11 is 6.16. The fraction of sp³-hybridized carbons (Fsp3) is 0.571. The highest BCUT2D eigenvalue weighted by Crippen LogP contribution is 2.33. The van der Waals surface area contributed by atoms with E-state index in [1.165, 1.54) is 5.56 Å². The topological polar surface area (TPSA) is 56.5 Å². The first-order valence-electron chi connectivity index (χ1n) is 6.62. The lowest BCUT2D eigenvalue weighted by Crippen LogP contribution is -2.46. The molecule has 1 aliphatic heterocycles. The Labute approximate surface area is 119 Å². The fourth-order valence-electron chi connectivity index (χ4n) is 2.65. The van der Waals surface area contributed by atoms with Gasteiger partial charge in [0.2, 0.25) is 0 Å². The molecule has 0 saturated carbocycles. The smallest absolute Gasteiger partial charge is 0.125 e. The van der Waals surface area contributed by atoms with Crippen molar-refractivity contribution in [3.63, 3.8) is 0 Å². The Morgan fingerprint density at radius 2 is 2.32 bits per heavy atom. The van der Waals surface area contributed by atoms with E-state index in [-0.39, 0.29) is 12.1 Å². The average molecular weight is 285 g/mol. The van der Waals surface area contributed by atoms with Crippen LogP contribution >= 0.6 is 11.6 Å². The maximum atomic E-state index is 6.16. The minimum atomic E-state index is 0.0433. The van der Waals surface area contributed by atoms with E-state index in [1.54, 1.807) is 7.11 Å². The van der Waals surface area contributed by atoms with Crippen molar-refractivity contribution in [2.24, 2.45) is 5.84 Å². The van der Waals surface area contributed by atoms with Gasteiger partial charge in [-0.25, -0.2) is 0 Å². The summed E-state index contributed by atoms with van der Waals surface area (Å²) in [7, 11) is 1.71. The molecule has 0 radical (unpaired) electrons. The first kappa shape index (κ1) is 14.6. The zero-order chi connectivity index (χ0) is 13.8. The van der Waals surface area contributed by atoms with Crippen LogP contribution < -0.4 is 16.0 Å². The maximum Gasteiger partial charge on any atom is 0.125 e. The van der Waals surface area contributed by atoms with E-state index < -0.39 is 0 Å². The zero-order valence-corrected chi connectivity index (χ0v) is 12.2. The number of hydrogen-bond donors (Lipinski definition) is 2. The molecule has 1 aromatic rings. The molecule has 106 valence electrons. The second kappa shape index (κ2) is 6.57. The van der Waals surface area contributed by atoms with Gasteiger partial charge in [-0.2, -0.15) is 0 Å². The monoisotopic (exact) mass is 284 g/mol. The van der Waals surface area contributed by atoms with Crippen LogP contribution in [0, 0.1) is 0 Å². The van der Waals surface area contributed by atoms with Gasteiger partial charge in [0, 0.05) is 18.6 Å². The predicted octanol–water partition coefficient (Wildman–Crippen LogP) is 2.07. The van der Waals surface area contributed by atoms with Crippen LogP contribution in [0.4, 0.5) is 0 Å². The van der Waals surface area contributed by atoms with Gasteiger partial charge in [-0.05, 0) is 36.1 Å². The highest BCUT2D eigenvalue weighted by molar-refractivity contribution is 6.30. The van der Waals surface area contributed by atoms with Crippen LogP contribution in [-0.4, -0.2) is 25.9 Å². The molecule has 19 heavy (non-hydrogen) atoms. The predicted molar refractivity (Wildman–Crippen MR) is 76.6 cm³/mol. The van der Waals surface area contributed by atoms with Crippen LogP contribution in [0.5, 0.6) is 5.75 Å². The summed E-state index contributed by atoms with van der Waals surface area (Å²) in [5, 5.41) is 0.750. The summed E-state index contributed by atoms with van der Waals surface area (Å²) in [5.41, 5.74) is 5.12. The lowest BCUT2D eigenvalue weighted by molar-refractivity contribution is 0.0652. The first-order chi connectivity index (χ1) is 9.19. The Bertz CT molecular complexity index is 436. The van der Waals surface area contributed by atoms with Crippen molar-refractivity contribution < 1.29 is 9.47 Å². The molecule has 2 atom stereocenters. The highest BCUT2D eigenvalue weighted by Gasteiger charge is 2.23. The largest absolute Gasteiger partial charge is 0.493 e. The van der Waals surface area contributed by atoms with Crippen molar-refractivity contribution in [1.82, 2.24) is 5.43 Å². The van der Waals surface area contributed by atoms with E-state index in [2.05, 4.69) is 12.3 Å². The van der Waals surface area contributed by atoms with Crippen molar-refractivity contribution in [2.75, 3.05) is 13.7 Å². The van der Waals surface area contributed by atoms with Crippen LogP contribution in [0.2, 0.25) is 5.02 Å². The molecular formula is C14H21ClN2O2. The van der Waals surface area contributed by atoms with Gasteiger partial charge in [-0.1, -0.05) is 18.5 Å². The number of hydrogen-bond acceptors (Lipinski definition) is 4. The third-order valence-electron chi connectivity index (χ3n) is 3.63. The van der Waals surface area contributed by atoms with Gasteiger partial charge in [-0.15, -0.1) is 0 Å². The van der Waals surface area contributed by atoms with E-state index >= 15 is 0 Å². The van der Waals surface area contributed by atoms with Crippen LogP contribution in [0.1, 0.15) is 24.5 Å². The molecule has 1 aliphatic rings. The van der Waals surface area contributed by atoms with Crippen molar-refractivity contribution >= 4 is 11.6 Å². The molecule has 3 N–H and O–H groups in total. The Balaban J connectivity index is 2.22. The number of rotatable bonds is 6. The van der Waals surface area contributed by atoms with E-state index in [9.17, 15) is 0 Å². The van der Waals surface area contributed by atoms with E-state index in [1.807, 2.05) is 12.1 Å². The Morgan fingerprint density at radius 3 is 2.95 bits per heavy atom. The van der Waals surface area contributed by atoms with E-state index in [0.29, 0.717) is 0 Å². The van der Waals surface area contributed by atoms with Crippen LogP contribution in [-0.2, 0) is 17.6 Å². The molecule has 0 amide bonds. The summed E-state index contributed by atoms with van der Waals surface area (Å²) in [5.74, 6) is 6.62. The van der Waals surface area contributed by atoms with Crippen LogP contribution in [0.3, 0.4) is 0 Å². The molecule has 0 fully saturated rings. The molecule has 0 saturated heterocycles. The first-order valence-corrected chi connectivity index (χ1v) is 7.00. The molecule has 2 rings (SSSR count). The average Bonchev–Trinajstić information content (AvgIpc) is 2.86. The van der Waals surface area contributed by atoms with E-state index in [0.717, 1.165) is 42.2 Å². The standard InChI is InChI=1S/C14H21ClN2O2/c1-3-13(18-2)12(17-16)8-10-7-11(15)6-9-4-5-19-14(9)10/h6-7,12-13,17H,3-5,8,16H2,1-2H3. The molecule has 0 aromatic heterocycles. The van der Waals surface area contributed by atoms with Crippen molar-refractivity contribution in [3.05, 3.63) is 28.3 Å². The van der Waals surface area contributed by atoms with Gasteiger partial charge in [-0.3, -0.25) is 11.3 Å². The summed E-state index contributed by atoms with van der Waals surface area (Å²) in [6, 6.07) is 3.98. The summed E-state index contributed by atoms with van der Waals surface area (Å²) in [6.07, 6.45) is 2.63. The maximum absolute atomic E-state index is 6.16. The fourth-order valence-corrected chi connectivity index (χ4v) is 2.91. The van der Waals surface area contributed by atoms with E-state index in [4.69, 9.17) is 26.9 Å². The number of hydrazine groups is 1. The molecule has 1 aromatic carbocycles. The lowest BCUT2D eigenvalue weighted by Gasteiger charge is -2.25. The quantitative estimate of drug-likeness (QED) is 0.620. The summed E-state index contributed by atoms with van der Waals surface area (Å²) in [6.45, 7) is 2.81. The SMILES string of the molecule is CCC(OC)C(Cc1cc(Cl)cc2c1OCC2)NN. The van der Waals surface area contributed by atoms with Gasteiger partial charge in [0.25, 0.3) is 0 Å². The third-order valence-corrected chi connectivity index (χ3v) is 3.85. The highest BCUT2D eigenvalue weighted by atomic mass is 35.5. The minimum Gasteiger partial charge on any atom is -0.493 e. The Morgan fingerprint density at radius 1 is 1.53 bits per heavy atom. The van der Waals surface area contributed by atoms with Crippen molar-refractivity contribution in [3.8, 4) is 5.75 Å². The number of nitrogens with two attached hydrogens (primary N) is 1. The summed E-state index contributed by atoms with van der Waals surface area (Å²) < 4.78 is 11.2. The number of methoxy groups -OCH3 is 1. The van der Waals surface area contributed by atoms with Gasteiger partial charge in [0.05, 0.1) is 18.8 Å². The molecule has 5 heteroatoms.